The van der Waals surface area contributed by atoms with E-state index in [0.29, 0.717) is 6.42 Å². The van der Waals surface area contributed by atoms with Crippen molar-refractivity contribution in [3.63, 3.8) is 0 Å². The van der Waals surface area contributed by atoms with Crippen LogP contribution >= 0.6 is 0 Å². The number of nitrogens with one attached hydrogen (secondary N) is 1. The predicted octanol–water partition coefficient (Wildman–Crippen LogP) is 7.26. The average molecular weight is 576 g/mol. The van der Waals surface area contributed by atoms with Crippen molar-refractivity contribution in [1.82, 2.24) is 5.32 Å². The summed E-state index contributed by atoms with van der Waals surface area (Å²) in [7, 11) is -4.42. The topological polar surface area (TPSA) is 124 Å². The molecular formula is C31H61NO6S. The Morgan fingerprint density at radius 3 is 1.54 bits per heavy atom. The second-order valence-electron chi connectivity index (χ2n) is 11.2. The zero-order valence-electron chi connectivity index (χ0n) is 25.1. The van der Waals surface area contributed by atoms with Gasteiger partial charge in [0.05, 0.1) is 17.9 Å². The van der Waals surface area contributed by atoms with Gasteiger partial charge in [0.15, 0.2) is 0 Å². The van der Waals surface area contributed by atoms with Crippen molar-refractivity contribution in [3.8, 4) is 0 Å². The van der Waals surface area contributed by atoms with Gasteiger partial charge in [-0.2, -0.15) is 8.42 Å². The molecule has 0 saturated carbocycles. The molecule has 3 atom stereocenters. The monoisotopic (exact) mass is 575 g/mol. The van der Waals surface area contributed by atoms with Crippen LogP contribution in [0.1, 0.15) is 155 Å². The number of hydrogen-bond donors (Lipinski definition) is 4. The summed E-state index contributed by atoms with van der Waals surface area (Å²) < 4.78 is 32.1. The maximum atomic E-state index is 12.4. The Morgan fingerprint density at radius 1 is 0.692 bits per heavy atom. The van der Waals surface area contributed by atoms with E-state index >= 15 is 0 Å². The van der Waals surface area contributed by atoms with Crippen LogP contribution in [0, 0.1) is 0 Å². The first-order valence-electron chi connectivity index (χ1n) is 16.0. The van der Waals surface area contributed by atoms with Crippen LogP contribution in [0.4, 0.5) is 0 Å². The molecule has 0 spiro atoms. The van der Waals surface area contributed by atoms with Gasteiger partial charge in [-0.15, -0.1) is 0 Å². The van der Waals surface area contributed by atoms with Crippen LogP contribution in [0.3, 0.4) is 0 Å². The van der Waals surface area contributed by atoms with Crippen molar-refractivity contribution in [2.24, 2.45) is 0 Å². The van der Waals surface area contributed by atoms with Crippen molar-refractivity contribution in [2.75, 3.05) is 5.75 Å². The van der Waals surface area contributed by atoms with Crippen LogP contribution in [-0.2, 0) is 14.9 Å². The van der Waals surface area contributed by atoms with E-state index in [1.54, 1.807) is 6.08 Å². The number of carbonyl (C=O) groups excluding carboxylic acids is 1. The molecule has 0 bridgehead atoms. The quantitative estimate of drug-likeness (QED) is 0.0442. The van der Waals surface area contributed by atoms with Crippen molar-refractivity contribution in [1.29, 1.82) is 0 Å². The smallest absolute Gasteiger partial charge is 0.267 e. The maximum absolute atomic E-state index is 12.4. The third kappa shape index (κ3) is 25.7. The van der Waals surface area contributed by atoms with Crippen molar-refractivity contribution in [2.45, 2.75) is 173 Å². The van der Waals surface area contributed by atoms with Crippen LogP contribution in [0.15, 0.2) is 12.2 Å². The summed E-state index contributed by atoms with van der Waals surface area (Å²) in [6.45, 7) is 4.42. The van der Waals surface area contributed by atoms with Gasteiger partial charge in [0, 0.05) is 0 Å². The van der Waals surface area contributed by atoms with Crippen molar-refractivity contribution in [3.05, 3.63) is 12.2 Å². The van der Waals surface area contributed by atoms with Gasteiger partial charge in [-0.25, -0.2) is 0 Å². The lowest BCUT2D eigenvalue weighted by Crippen LogP contribution is -2.50. The SMILES string of the molecule is CCCCCCCC/C=C/C(O)C(CS(=O)(=O)O)NC(=O)C(O)CCCCCCCCCCCCCCCC. The Kier molecular flexibility index (Phi) is 25.3. The summed E-state index contributed by atoms with van der Waals surface area (Å²) in [4.78, 5) is 12.4. The van der Waals surface area contributed by atoms with Gasteiger partial charge in [-0.3, -0.25) is 9.35 Å². The number of carbonyl (C=O) groups is 1. The summed E-state index contributed by atoms with van der Waals surface area (Å²) in [5.41, 5.74) is 0. The number of allylic oxidation sites excluding steroid dienone is 1. The number of hydrogen-bond acceptors (Lipinski definition) is 5. The molecule has 0 fully saturated rings. The van der Waals surface area contributed by atoms with E-state index in [0.717, 1.165) is 38.5 Å². The molecule has 0 aliphatic rings. The normalized spacial score (nSPS) is 14.5. The summed E-state index contributed by atoms with van der Waals surface area (Å²) in [6.07, 6.45) is 25.7. The van der Waals surface area contributed by atoms with Gasteiger partial charge in [0.1, 0.15) is 6.10 Å². The first kappa shape index (κ1) is 38.0. The molecule has 0 aromatic carbocycles. The minimum atomic E-state index is -4.42. The van der Waals surface area contributed by atoms with Crippen LogP contribution < -0.4 is 5.32 Å². The third-order valence-corrected chi connectivity index (χ3v) is 8.10. The number of aliphatic hydroxyl groups is 2. The summed E-state index contributed by atoms with van der Waals surface area (Å²) >= 11 is 0. The highest BCUT2D eigenvalue weighted by Crippen LogP contribution is 2.14. The van der Waals surface area contributed by atoms with Crippen LogP contribution in [0.2, 0.25) is 0 Å². The highest BCUT2D eigenvalue weighted by molar-refractivity contribution is 7.85. The molecule has 39 heavy (non-hydrogen) atoms. The van der Waals surface area contributed by atoms with E-state index in [2.05, 4.69) is 19.2 Å². The Hall–Kier alpha value is -0.960. The van der Waals surface area contributed by atoms with Crippen molar-refractivity contribution < 1.29 is 28.0 Å². The molecule has 1 amide bonds. The Labute approximate surface area is 240 Å². The Balaban J connectivity index is 4.13. The van der Waals surface area contributed by atoms with Gasteiger partial charge < -0.3 is 15.5 Å². The van der Waals surface area contributed by atoms with Crippen molar-refractivity contribution >= 4 is 16.0 Å². The second kappa shape index (κ2) is 26.0. The standard InChI is InChI=1S/C31H61NO6S/c1-3-5-7-9-11-13-14-15-16-17-18-20-22-24-26-30(34)31(35)32-28(27-39(36,37)38)29(33)25-23-21-19-12-10-8-6-4-2/h23,25,28-30,33-34H,3-22,24,26-27H2,1-2H3,(H,32,35)(H,36,37,38)/b25-23+. The lowest BCUT2D eigenvalue weighted by molar-refractivity contribution is -0.130. The number of unbranched alkanes of at least 4 members (excludes halogenated alkanes) is 19. The lowest BCUT2D eigenvalue weighted by atomic mass is 10.0. The number of amides is 1. The molecule has 0 aliphatic carbocycles. The highest BCUT2D eigenvalue weighted by atomic mass is 32.2. The minimum Gasteiger partial charge on any atom is -0.387 e. The molecule has 0 aliphatic heterocycles. The molecule has 0 aromatic rings. The first-order valence-corrected chi connectivity index (χ1v) is 17.6. The molecule has 0 heterocycles. The van der Waals surface area contributed by atoms with E-state index in [9.17, 15) is 28.0 Å². The van der Waals surface area contributed by atoms with E-state index < -0.39 is 40.0 Å². The molecule has 232 valence electrons. The van der Waals surface area contributed by atoms with E-state index in [4.69, 9.17) is 0 Å². The summed E-state index contributed by atoms with van der Waals surface area (Å²) in [5.74, 6) is -1.53. The van der Waals surface area contributed by atoms with Gasteiger partial charge in [0.2, 0.25) is 5.91 Å². The van der Waals surface area contributed by atoms with Gasteiger partial charge in [-0.1, -0.05) is 148 Å². The molecular weight excluding hydrogens is 514 g/mol. The molecule has 0 radical (unpaired) electrons. The van der Waals surface area contributed by atoms with Gasteiger partial charge >= 0.3 is 0 Å². The third-order valence-electron chi connectivity index (χ3n) is 7.32. The molecule has 7 nitrogen and oxygen atoms in total. The lowest BCUT2D eigenvalue weighted by Gasteiger charge is -2.22. The molecule has 0 saturated heterocycles. The minimum absolute atomic E-state index is 0.284. The Morgan fingerprint density at radius 2 is 1.10 bits per heavy atom. The largest absolute Gasteiger partial charge is 0.387 e. The first-order chi connectivity index (χ1) is 18.7. The van der Waals surface area contributed by atoms with Crippen LogP contribution in [0.25, 0.3) is 0 Å². The average Bonchev–Trinajstić information content (AvgIpc) is 2.88. The van der Waals surface area contributed by atoms with Gasteiger partial charge in [-0.05, 0) is 19.3 Å². The van der Waals surface area contributed by atoms with E-state index in [1.165, 1.54) is 96.0 Å². The number of aliphatic hydroxyl groups excluding tert-OH is 2. The molecule has 0 aromatic heterocycles. The van der Waals surface area contributed by atoms with E-state index in [-0.39, 0.29) is 6.42 Å². The molecule has 3 unspecified atom stereocenters. The van der Waals surface area contributed by atoms with Crippen LogP contribution in [-0.4, -0.2) is 53.1 Å². The fourth-order valence-electron chi connectivity index (χ4n) is 4.81. The van der Waals surface area contributed by atoms with Gasteiger partial charge in [0.25, 0.3) is 10.1 Å². The molecule has 0 rings (SSSR count). The fourth-order valence-corrected chi connectivity index (χ4v) is 5.54. The Bertz CT molecular complexity index is 697. The summed E-state index contributed by atoms with van der Waals surface area (Å²) in [5, 5.41) is 23.1. The zero-order valence-corrected chi connectivity index (χ0v) is 25.9. The maximum Gasteiger partial charge on any atom is 0.267 e. The predicted molar refractivity (Wildman–Crippen MR) is 162 cm³/mol. The molecule has 4 N–H and O–H groups in total. The second-order valence-corrected chi connectivity index (χ2v) is 12.7. The zero-order chi connectivity index (χ0) is 29.2. The molecule has 8 heteroatoms. The summed E-state index contributed by atoms with van der Waals surface area (Å²) in [6, 6.07) is -1.22. The van der Waals surface area contributed by atoms with Crippen LogP contribution in [0.5, 0.6) is 0 Å². The van der Waals surface area contributed by atoms with E-state index in [1.807, 2.05) is 0 Å². The number of rotatable bonds is 28. The highest BCUT2D eigenvalue weighted by Gasteiger charge is 2.27. The fraction of sp³-hybridized carbons (Fsp3) is 0.903.